The Balaban J connectivity index is 1.61. The third-order valence-electron chi connectivity index (χ3n) is 5.09. The Labute approximate surface area is 166 Å². The van der Waals surface area contributed by atoms with Gasteiger partial charge in [-0.3, -0.25) is 14.7 Å². The highest BCUT2D eigenvalue weighted by molar-refractivity contribution is 7.92. The second kappa shape index (κ2) is 8.84. The molecule has 2 heterocycles. The summed E-state index contributed by atoms with van der Waals surface area (Å²) in [6, 6.07) is 12.4. The minimum Gasteiger partial charge on any atom is -0.349 e. The molecule has 1 aromatic carbocycles. The minimum absolute atomic E-state index is 0.0438. The quantitative estimate of drug-likeness (QED) is 0.805. The SMILES string of the molecule is CC(C)S(=O)(=O)c1ccccc1C(=O)NC1CCN(Cc2ccccn2)CC1. The summed E-state index contributed by atoms with van der Waals surface area (Å²) in [5.74, 6) is -0.317. The summed E-state index contributed by atoms with van der Waals surface area (Å²) in [6.45, 7) is 5.79. The fourth-order valence-electron chi connectivity index (χ4n) is 3.38. The summed E-state index contributed by atoms with van der Waals surface area (Å²) >= 11 is 0. The Kier molecular flexibility index (Phi) is 6.46. The van der Waals surface area contributed by atoms with Crippen molar-refractivity contribution in [3.8, 4) is 0 Å². The average molecular weight is 402 g/mol. The summed E-state index contributed by atoms with van der Waals surface area (Å²) in [7, 11) is -3.51. The number of aromatic nitrogens is 1. The molecule has 1 aromatic heterocycles. The van der Waals surface area contributed by atoms with Crippen LogP contribution >= 0.6 is 0 Å². The number of amides is 1. The normalized spacial score (nSPS) is 16.2. The molecule has 3 rings (SSSR count). The molecule has 1 saturated heterocycles. The van der Waals surface area contributed by atoms with E-state index in [0.717, 1.165) is 38.2 Å². The van der Waals surface area contributed by atoms with Gasteiger partial charge in [0.2, 0.25) is 0 Å². The van der Waals surface area contributed by atoms with Crippen molar-refractivity contribution < 1.29 is 13.2 Å². The smallest absolute Gasteiger partial charge is 0.252 e. The van der Waals surface area contributed by atoms with Crippen LogP contribution in [0.3, 0.4) is 0 Å². The first-order valence-electron chi connectivity index (χ1n) is 9.64. The molecule has 150 valence electrons. The Morgan fingerprint density at radius 2 is 1.82 bits per heavy atom. The molecule has 0 atom stereocenters. The van der Waals surface area contributed by atoms with Crippen molar-refractivity contribution in [2.24, 2.45) is 0 Å². The average Bonchev–Trinajstić information content (AvgIpc) is 2.70. The van der Waals surface area contributed by atoms with E-state index in [1.807, 2.05) is 18.2 Å². The number of piperidine rings is 1. The van der Waals surface area contributed by atoms with Crippen LogP contribution in [-0.2, 0) is 16.4 Å². The lowest BCUT2D eigenvalue weighted by Gasteiger charge is -2.32. The van der Waals surface area contributed by atoms with Crippen LogP contribution in [0.15, 0.2) is 53.6 Å². The zero-order chi connectivity index (χ0) is 20.1. The number of benzene rings is 1. The van der Waals surface area contributed by atoms with E-state index >= 15 is 0 Å². The first-order valence-corrected chi connectivity index (χ1v) is 11.2. The lowest BCUT2D eigenvalue weighted by molar-refractivity contribution is 0.0905. The Morgan fingerprint density at radius 3 is 2.46 bits per heavy atom. The maximum atomic E-state index is 12.8. The molecule has 28 heavy (non-hydrogen) atoms. The third-order valence-corrected chi connectivity index (χ3v) is 7.30. The highest BCUT2D eigenvalue weighted by Crippen LogP contribution is 2.21. The van der Waals surface area contributed by atoms with E-state index in [1.54, 1.807) is 38.2 Å². The van der Waals surface area contributed by atoms with Gasteiger partial charge in [0.15, 0.2) is 9.84 Å². The number of sulfone groups is 1. The maximum Gasteiger partial charge on any atom is 0.252 e. The van der Waals surface area contributed by atoms with E-state index in [0.29, 0.717) is 0 Å². The number of carbonyl (C=O) groups is 1. The van der Waals surface area contributed by atoms with Gasteiger partial charge in [0, 0.05) is 31.9 Å². The second-order valence-electron chi connectivity index (χ2n) is 7.43. The van der Waals surface area contributed by atoms with Gasteiger partial charge in [-0.1, -0.05) is 18.2 Å². The summed E-state index contributed by atoms with van der Waals surface area (Å²) < 4.78 is 25.1. The molecule has 7 heteroatoms. The van der Waals surface area contributed by atoms with Crippen LogP contribution < -0.4 is 5.32 Å². The summed E-state index contributed by atoms with van der Waals surface area (Å²) in [4.78, 5) is 19.6. The van der Waals surface area contributed by atoms with Crippen LogP contribution in [0.5, 0.6) is 0 Å². The summed E-state index contributed by atoms with van der Waals surface area (Å²) in [5, 5.41) is 2.45. The lowest BCUT2D eigenvalue weighted by Crippen LogP contribution is -2.44. The van der Waals surface area contributed by atoms with Gasteiger partial charge in [-0.2, -0.15) is 0 Å². The number of hydrogen-bond acceptors (Lipinski definition) is 5. The fourth-order valence-corrected chi connectivity index (χ4v) is 4.62. The van der Waals surface area contributed by atoms with E-state index in [4.69, 9.17) is 0 Å². The molecule has 0 bridgehead atoms. The number of nitrogens with one attached hydrogen (secondary N) is 1. The van der Waals surface area contributed by atoms with E-state index in [2.05, 4.69) is 15.2 Å². The van der Waals surface area contributed by atoms with Crippen LogP contribution in [0.4, 0.5) is 0 Å². The predicted octanol–water partition coefficient (Wildman–Crippen LogP) is 2.66. The molecule has 6 nitrogen and oxygen atoms in total. The van der Waals surface area contributed by atoms with Crippen LogP contribution in [-0.4, -0.2) is 48.6 Å². The van der Waals surface area contributed by atoms with Crippen LogP contribution in [0.25, 0.3) is 0 Å². The number of carbonyl (C=O) groups excluding carboxylic acids is 1. The molecule has 1 amide bonds. The number of likely N-dealkylation sites (tertiary alicyclic amines) is 1. The summed E-state index contributed by atoms with van der Waals surface area (Å²) in [5.41, 5.74) is 1.27. The Bertz CT molecular complexity index is 906. The van der Waals surface area contributed by atoms with Gasteiger partial charge >= 0.3 is 0 Å². The van der Waals surface area contributed by atoms with E-state index in [-0.39, 0.29) is 22.4 Å². The van der Waals surface area contributed by atoms with Gasteiger partial charge in [0.25, 0.3) is 5.91 Å². The van der Waals surface area contributed by atoms with Gasteiger partial charge in [-0.05, 0) is 51.0 Å². The van der Waals surface area contributed by atoms with Crippen LogP contribution in [0, 0.1) is 0 Å². The van der Waals surface area contributed by atoms with Gasteiger partial charge in [0.1, 0.15) is 0 Å². The van der Waals surface area contributed by atoms with Crippen LogP contribution in [0.2, 0.25) is 0 Å². The molecule has 2 aromatic rings. The van der Waals surface area contributed by atoms with Gasteiger partial charge in [0.05, 0.1) is 21.4 Å². The highest BCUT2D eigenvalue weighted by atomic mass is 32.2. The van der Waals surface area contributed by atoms with Crippen molar-refractivity contribution in [2.75, 3.05) is 13.1 Å². The molecule has 0 spiro atoms. The molecule has 0 saturated carbocycles. The summed E-state index contributed by atoms with van der Waals surface area (Å²) in [6.07, 6.45) is 3.46. The molecule has 1 fully saturated rings. The number of nitrogens with zero attached hydrogens (tertiary/aromatic N) is 2. The van der Waals surface area contributed by atoms with Crippen molar-refractivity contribution in [3.05, 3.63) is 59.9 Å². The van der Waals surface area contributed by atoms with Crippen LogP contribution in [0.1, 0.15) is 42.7 Å². The first-order chi connectivity index (χ1) is 13.4. The van der Waals surface area contributed by atoms with E-state index < -0.39 is 15.1 Å². The molecule has 1 N–H and O–H groups in total. The molecular formula is C21H27N3O3S. The molecule has 0 radical (unpaired) electrons. The van der Waals surface area contributed by atoms with Crippen molar-refractivity contribution in [2.45, 2.75) is 49.4 Å². The molecule has 0 aliphatic carbocycles. The molecule has 1 aliphatic rings. The zero-order valence-electron chi connectivity index (χ0n) is 16.3. The third kappa shape index (κ3) is 4.77. The standard InChI is InChI=1S/C21H27N3O3S/c1-16(2)28(26,27)20-9-4-3-8-19(20)21(25)23-17-10-13-24(14-11-17)15-18-7-5-6-12-22-18/h3-9,12,16-17H,10-11,13-15H2,1-2H3,(H,23,25). The largest absolute Gasteiger partial charge is 0.349 e. The van der Waals surface area contributed by atoms with E-state index in [9.17, 15) is 13.2 Å². The fraction of sp³-hybridized carbons (Fsp3) is 0.429. The second-order valence-corrected chi connectivity index (χ2v) is 9.91. The lowest BCUT2D eigenvalue weighted by atomic mass is 10.0. The number of pyridine rings is 1. The van der Waals surface area contributed by atoms with Crippen molar-refractivity contribution in [3.63, 3.8) is 0 Å². The van der Waals surface area contributed by atoms with Gasteiger partial charge in [-0.25, -0.2) is 8.42 Å². The van der Waals surface area contributed by atoms with Crippen molar-refractivity contribution >= 4 is 15.7 Å². The highest BCUT2D eigenvalue weighted by Gasteiger charge is 2.27. The maximum absolute atomic E-state index is 12.8. The number of rotatable bonds is 6. The van der Waals surface area contributed by atoms with Crippen molar-refractivity contribution in [1.29, 1.82) is 0 Å². The molecular weight excluding hydrogens is 374 g/mol. The molecule has 1 aliphatic heterocycles. The first kappa shape index (κ1) is 20.5. The van der Waals surface area contributed by atoms with Gasteiger partial charge in [-0.15, -0.1) is 0 Å². The molecule has 0 unspecified atom stereocenters. The number of hydrogen-bond donors (Lipinski definition) is 1. The minimum atomic E-state index is -3.51. The van der Waals surface area contributed by atoms with E-state index in [1.165, 1.54) is 6.07 Å². The topological polar surface area (TPSA) is 79.4 Å². The predicted molar refractivity (Wildman–Crippen MR) is 109 cm³/mol. The van der Waals surface area contributed by atoms with Gasteiger partial charge < -0.3 is 5.32 Å². The zero-order valence-corrected chi connectivity index (χ0v) is 17.2. The van der Waals surface area contributed by atoms with Crippen molar-refractivity contribution in [1.82, 2.24) is 15.2 Å². The Hall–Kier alpha value is -2.25. The Morgan fingerprint density at radius 1 is 1.14 bits per heavy atom. The monoisotopic (exact) mass is 401 g/mol.